The van der Waals surface area contributed by atoms with Gasteiger partial charge in [-0.05, 0) is 25.6 Å². The summed E-state index contributed by atoms with van der Waals surface area (Å²) in [4.78, 5) is 0. The highest BCUT2D eigenvalue weighted by Gasteiger charge is 2.12. The van der Waals surface area contributed by atoms with Crippen molar-refractivity contribution in [3.05, 3.63) is 24.3 Å². The fourth-order valence-corrected chi connectivity index (χ4v) is 4.34. The Morgan fingerprint density at radius 3 is 1.97 bits per heavy atom. The molecule has 5 nitrogen and oxygen atoms in total. The first-order valence-electron chi connectivity index (χ1n) is 11.5. The van der Waals surface area contributed by atoms with Crippen LogP contribution in [0.2, 0.25) is 0 Å². The molecule has 0 amide bonds. The molecule has 1 aromatic rings. The molecule has 168 valence electrons. The monoisotopic (exact) mass is 426 g/mol. The third kappa shape index (κ3) is 13.6. The number of sulfonamides is 1. The van der Waals surface area contributed by atoms with Gasteiger partial charge in [-0.2, -0.15) is 0 Å². The number of para-hydroxylation sites is 2. The molecule has 0 atom stereocenters. The van der Waals surface area contributed by atoms with E-state index in [9.17, 15) is 8.42 Å². The number of anilines is 1. The first kappa shape index (κ1) is 25.8. The molecule has 1 aromatic carbocycles. The van der Waals surface area contributed by atoms with Gasteiger partial charge >= 0.3 is 0 Å². The van der Waals surface area contributed by atoms with Crippen LogP contribution < -0.4 is 14.8 Å². The van der Waals surface area contributed by atoms with Crippen molar-refractivity contribution in [2.24, 2.45) is 0 Å². The summed E-state index contributed by atoms with van der Waals surface area (Å²) in [5.74, 6) is 0.639. The summed E-state index contributed by atoms with van der Waals surface area (Å²) in [6, 6.07) is 7.24. The maximum absolute atomic E-state index is 12.1. The van der Waals surface area contributed by atoms with E-state index < -0.39 is 10.0 Å². The predicted octanol–water partition coefficient (Wildman–Crippen LogP) is 5.73. The smallest absolute Gasteiger partial charge is 0.234 e. The normalized spacial score (nSPS) is 11.5. The Labute approximate surface area is 179 Å². The number of nitrogens with one attached hydrogen (secondary N) is 2. The molecule has 6 heteroatoms. The van der Waals surface area contributed by atoms with E-state index in [2.05, 4.69) is 17.0 Å². The van der Waals surface area contributed by atoms with Crippen LogP contribution in [0.5, 0.6) is 5.75 Å². The van der Waals surface area contributed by atoms with Gasteiger partial charge in [0.2, 0.25) is 10.0 Å². The zero-order valence-corrected chi connectivity index (χ0v) is 19.4. The summed E-state index contributed by atoms with van der Waals surface area (Å²) >= 11 is 0. The minimum atomic E-state index is -3.37. The number of benzene rings is 1. The molecule has 0 aromatic heterocycles. The zero-order valence-electron chi connectivity index (χ0n) is 18.5. The molecule has 0 heterocycles. The van der Waals surface area contributed by atoms with Gasteiger partial charge in [0.15, 0.2) is 0 Å². The molecule has 0 aliphatic carbocycles. The maximum atomic E-state index is 12.1. The molecule has 0 unspecified atom stereocenters. The summed E-state index contributed by atoms with van der Waals surface area (Å²) in [5.41, 5.74) is 0.516. The van der Waals surface area contributed by atoms with E-state index in [1.165, 1.54) is 64.2 Å². The second kappa shape index (κ2) is 16.5. The fourth-order valence-electron chi connectivity index (χ4n) is 3.26. The lowest BCUT2D eigenvalue weighted by molar-refractivity contribution is 0.306. The highest BCUT2D eigenvalue weighted by molar-refractivity contribution is 7.92. The van der Waals surface area contributed by atoms with Crippen molar-refractivity contribution in [2.75, 3.05) is 30.7 Å². The second-order valence-corrected chi connectivity index (χ2v) is 9.60. The standard InChI is InChI=1S/C23H42N2O3S/c1-3-4-5-6-7-8-9-10-11-12-13-16-20-28-23-18-15-14-17-22(23)25-29(26,27)21-19-24-2/h14-15,17-18,24-25H,3-13,16,19-21H2,1-2H3. The highest BCUT2D eigenvalue weighted by atomic mass is 32.2. The molecule has 1 rings (SSSR count). The van der Waals surface area contributed by atoms with Crippen LogP contribution in [-0.2, 0) is 10.0 Å². The molecule has 0 bridgehead atoms. The van der Waals surface area contributed by atoms with Crippen LogP contribution >= 0.6 is 0 Å². The molecule has 0 aliphatic rings. The van der Waals surface area contributed by atoms with Gasteiger partial charge in [0.25, 0.3) is 0 Å². The molecule has 0 saturated heterocycles. The number of rotatable bonds is 19. The summed E-state index contributed by atoms with van der Waals surface area (Å²) in [7, 11) is -1.63. The van der Waals surface area contributed by atoms with Crippen molar-refractivity contribution in [1.29, 1.82) is 0 Å². The Hall–Kier alpha value is -1.27. The Morgan fingerprint density at radius 1 is 0.828 bits per heavy atom. The second-order valence-electron chi connectivity index (χ2n) is 7.76. The van der Waals surface area contributed by atoms with Gasteiger partial charge in [0.1, 0.15) is 5.75 Å². The number of hydrogen-bond donors (Lipinski definition) is 2. The Kier molecular flexibility index (Phi) is 14.7. The van der Waals surface area contributed by atoms with Crippen molar-refractivity contribution in [2.45, 2.75) is 84.0 Å². The molecule has 2 N–H and O–H groups in total. The largest absolute Gasteiger partial charge is 0.491 e. The maximum Gasteiger partial charge on any atom is 0.234 e. The first-order chi connectivity index (χ1) is 14.1. The topological polar surface area (TPSA) is 67.4 Å². The predicted molar refractivity (Wildman–Crippen MR) is 124 cm³/mol. The molecule has 0 fully saturated rings. The quantitative estimate of drug-likeness (QED) is 0.277. The third-order valence-electron chi connectivity index (χ3n) is 5.03. The van der Waals surface area contributed by atoms with Gasteiger partial charge in [0.05, 0.1) is 18.0 Å². The van der Waals surface area contributed by atoms with Crippen LogP contribution in [0.1, 0.15) is 84.0 Å². The van der Waals surface area contributed by atoms with Crippen LogP contribution in [0.4, 0.5) is 5.69 Å². The molecule has 0 spiro atoms. The third-order valence-corrected chi connectivity index (χ3v) is 6.30. The molecule has 0 radical (unpaired) electrons. The first-order valence-corrected chi connectivity index (χ1v) is 13.1. The van der Waals surface area contributed by atoms with E-state index in [0.717, 1.165) is 12.8 Å². The van der Waals surface area contributed by atoms with Crippen molar-refractivity contribution in [3.8, 4) is 5.75 Å². The van der Waals surface area contributed by atoms with E-state index in [1.807, 2.05) is 18.2 Å². The van der Waals surface area contributed by atoms with E-state index in [4.69, 9.17) is 4.74 Å². The van der Waals surface area contributed by atoms with Crippen LogP contribution in [0.25, 0.3) is 0 Å². The van der Waals surface area contributed by atoms with Gasteiger partial charge < -0.3 is 10.1 Å². The van der Waals surface area contributed by atoms with E-state index in [-0.39, 0.29) is 5.75 Å². The molecular weight excluding hydrogens is 384 g/mol. The number of unbranched alkanes of at least 4 members (excludes halogenated alkanes) is 11. The summed E-state index contributed by atoms with van der Waals surface area (Å²) in [6.07, 6.45) is 15.7. The van der Waals surface area contributed by atoms with Crippen LogP contribution in [-0.4, -0.2) is 34.4 Å². The molecular formula is C23H42N2O3S. The average molecular weight is 427 g/mol. The van der Waals surface area contributed by atoms with Gasteiger partial charge in [-0.25, -0.2) is 8.42 Å². The lowest BCUT2D eigenvalue weighted by Gasteiger charge is -2.13. The van der Waals surface area contributed by atoms with Gasteiger partial charge in [-0.1, -0.05) is 89.7 Å². The van der Waals surface area contributed by atoms with Crippen LogP contribution in [0, 0.1) is 0 Å². The van der Waals surface area contributed by atoms with Crippen molar-refractivity contribution in [1.82, 2.24) is 5.32 Å². The lowest BCUT2D eigenvalue weighted by Crippen LogP contribution is -2.24. The molecule has 0 saturated carbocycles. The van der Waals surface area contributed by atoms with Gasteiger partial charge in [0, 0.05) is 6.54 Å². The summed E-state index contributed by atoms with van der Waals surface area (Å²) < 4.78 is 32.6. The zero-order chi connectivity index (χ0) is 21.2. The Balaban J connectivity index is 2.13. The average Bonchev–Trinajstić information content (AvgIpc) is 2.71. The van der Waals surface area contributed by atoms with E-state index in [1.54, 1.807) is 13.1 Å². The SMILES string of the molecule is CCCCCCCCCCCCCCOc1ccccc1NS(=O)(=O)CCNC. The summed E-state index contributed by atoms with van der Waals surface area (Å²) in [6.45, 7) is 3.29. The molecule has 0 aliphatic heterocycles. The van der Waals surface area contributed by atoms with E-state index >= 15 is 0 Å². The van der Waals surface area contributed by atoms with E-state index in [0.29, 0.717) is 24.6 Å². The Morgan fingerprint density at radius 2 is 1.38 bits per heavy atom. The van der Waals surface area contributed by atoms with Gasteiger partial charge in [-0.15, -0.1) is 0 Å². The minimum absolute atomic E-state index is 0.0383. The fraction of sp³-hybridized carbons (Fsp3) is 0.739. The highest BCUT2D eigenvalue weighted by Crippen LogP contribution is 2.25. The number of ether oxygens (including phenoxy) is 1. The van der Waals surface area contributed by atoms with Gasteiger partial charge in [-0.3, -0.25) is 4.72 Å². The Bertz CT molecular complexity index is 620. The van der Waals surface area contributed by atoms with Crippen LogP contribution in [0.3, 0.4) is 0 Å². The number of hydrogen-bond acceptors (Lipinski definition) is 4. The van der Waals surface area contributed by atoms with Crippen molar-refractivity contribution >= 4 is 15.7 Å². The van der Waals surface area contributed by atoms with Crippen LogP contribution in [0.15, 0.2) is 24.3 Å². The molecule has 29 heavy (non-hydrogen) atoms. The lowest BCUT2D eigenvalue weighted by atomic mass is 10.1. The minimum Gasteiger partial charge on any atom is -0.491 e. The summed E-state index contributed by atoms with van der Waals surface area (Å²) in [5, 5.41) is 2.85. The van der Waals surface area contributed by atoms with Crippen molar-refractivity contribution in [3.63, 3.8) is 0 Å². The van der Waals surface area contributed by atoms with Crippen molar-refractivity contribution < 1.29 is 13.2 Å².